The summed E-state index contributed by atoms with van der Waals surface area (Å²) in [4.78, 5) is 24.0. The van der Waals surface area contributed by atoms with E-state index in [1.165, 1.54) is 31.2 Å². The van der Waals surface area contributed by atoms with Crippen molar-refractivity contribution in [2.45, 2.75) is 37.1 Å². The molecule has 7 nitrogen and oxygen atoms in total. The van der Waals surface area contributed by atoms with Gasteiger partial charge in [-0.3, -0.25) is 4.79 Å². The Bertz CT molecular complexity index is 824. The number of nitrogens with zero attached hydrogens (tertiary/aromatic N) is 1. The molecule has 0 spiro atoms. The highest BCUT2D eigenvalue weighted by atomic mass is 32.2. The fraction of sp³-hybridized carbons (Fsp3) is 0.471. The van der Waals surface area contributed by atoms with E-state index >= 15 is 0 Å². The minimum absolute atomic E-state index is 0.104. The van der Waals surface area contributed by atoms with Crippen molar-refractivity contribution in [2.75, 3.05) is 12.4 Å². The number of nitrogens with one attached hydrogen (secondary N) is 1. The van der Waals surface area contributed by atoms with E-state index in [1.807, 2.05) is 0 Å². The lowest BCUT2D eigenvalue weighted by molar-refractivity contribution is -0.125. The Kier molecular flexibility index (Phi) is 5.48. The first-order chi connectivity index (χ1) is 11.7. The minimum atomic E-state index is -3.59. The predicted molar refractivity (Wildman–Crippen MR) is 89.3 cm³/mol. The Morgan fingerprint density at radius 1 is 1.36 bits per heavy atom. The van der Waals surface area contributed by atoms with Crippen molar-refractivity contribution >= 4 is 21.7 Å². The standard InChI is InChI=1S/C17H20N2O5S/c1-3-25(22,23)14-7-5-4-6-13(14)16(21)24-10-15(20)19-17(2,11-18)12-8-9-12/h4-7,12H,3,8-10H2,1-2H3,(H,19,20)/t17-/m1/s1. The molecule has 0 aliphatic heterocycles. The zero-order valence-electron chi connectivity index (χ0n) is 14.1. The third kappa shape index (κ3) is 4.37. The van der Waals surface area contributed by atoms with Gasteiger partial charge < -0.3 is 10.1 Å². The lowest BCUT2D eigenvalue weighted by atomic mass is 9.98. The molecule has 134 valence electrons. The first-order valence-electron chi connectivity index (χ1n) is 7.94. The highest BCUT2D eigenvalue weighted by molar-refractivity contribution is 7.91. The molecule has 0 heterocycles. The van der Waals surface area contributed by atoms with E-state index in [0.717, 1.165) is 12.8 Å². The molecule has 25 heavy (non-hydrogen) atoms. The van der Waals surface area contributed by atoms with Crippen molar-refractivity contribution in [3.8, 4) is 6.07 Å². The van der Waals surface area contributed by atoms with Gasteiger partial charge in [-0.05, 0) is 37.8 Å². The molecule has 1 aromatic carbocycles. The lowest BCUT2D eigenvalue weighted by Crippen LogP contribution is -2.48. The number of hydrogen-bond acceptors (Lipinski definition) is 6. The van der Waals surface area contributed by atoms with Gasteiger partial charge in [0.1, 0.15) is 5.54 Å². The normalized spacial score (nSPS) is 16.4. The molecule has 1 aromatic rings. The third-order valence-electron chi connectivity index (χ3n) is 4.18. The van der Waals surface area contributed by atoms with Crippen LogP contribution in [-0.2, 0) is 19.4 Å². The zero-order chi connectivity index (χ0) is 18.7. The van der Waals surface area contributed by atoms with Crippen molar-refractivity contribution in [2.24, 2.45) is 5.92 Å². The second-order valence-electron chi connectivity index (χ2n) is 6.11. The Hall–Kier alpha value is -2.40. The zero-order valence-corrected chi connectivity index (χ0v) is 14.9. The third-order valence-corrected chi connectivity index (χ3v) is 5.97. The van der Waals surface area contributed by atoms with Crippen LogP contribution in [0.5, 0.6) is 0 Å². The van der Waals surface area contributed by atoms with Crippen molar-refractivity contribution < 1.29 is 22.7 Å². The van der Waals surface area contributed by atoms with Crippen LogP contribution in [0, 0.1) is 17.2 Å². The maximum atomic E-state index is 12.2. The van der Waals surface area contributed by atoms with Crippen molar-refractivity contribution in [3.05, 3.63) is 29.8 Å². The first kappa shape index (κ1) is 18.9. The van der Waals surface area contributed by atoms with Crippen LogP contribution in [0.15, 0.2) is 29.2 Å². The van der Waals surface area contributed by atoms with E-state index in [2.05, 4.69) is 11.4 Å². The molecule has 0 unspecified atom stereocenters. The largest absolute Gasteiger partial charge is 0.452 e. The van der Waals surface area contributed by atoms with Gasteiger partial charge >= 0.3 is 5.97 Å². The molecule has 8 heteroatoms. The molecule has 0 aromatic heterocycles. The minimum Gasteiger partial charge on any atom is -0.452 e. The van der Waals surface area contributed by atoms with Gasteiger partial charge in [0.15, 0.2) is 16.4 Å². The van der Waals surface area contributed by atoms with Crippen LogP contribution in [-0.4, -0.2) is 38.2 Å². The summed E-state index contributed by atoms with van der Waals surface area (Å²) in [5.74, 6) is -1.54. The molecule has 2 rings (SSSR count). The van der Waals surface area contributed by atoms with E-state index in [1.54, 1.807) is 6.92 Å². The van der Waals surface area contributed by atoms with E-state index in [9.17, 15) is 23.3 Å². The lowest BCUT2D eigenvalue weighted by Gasteiger charge is -2.22. The van der Waals surface area contributed by atoms with Gasteiger partial charge in [0.05, 0.1) is 22.3 Å². The van der Waals surface area contributed by atoms with Gasteiger partial charge in [-0.1, -0.05) is 19.1 Å². The predicted octanol–water partition coefficient (Wildman–Crippen LogP) is 1.45. The Morgan fingerprint density at radius 3 is 2.56 bits per heavy atom. The number of benzene rings is 1. The number of carbonyl (C=O) groups excluding carboxylic acids is 2. The SMILES string of the molecule is CCS(=O)(=O)c1ccccc1C(=O)OCC(=O)N[C@](C)(C#N)C1CC1. The van der Waals surface area contributed by atoms with Gasteiger partial charge in [-0.2, -0.15) is 5.26 Å². The van der Waals surface area contributed by atoms with E-state index in [0.29, 0.717) is 0 Å². The van der Waals surface area contributed by atoms with Crippen LogP contribution in [0.3, 0.4) is 0 Å². The number of ether oxygens (including phenoxy) is 1. The summed E-state index contributed by atoms with van der Waals surface area (Å²) in [6, 6.07) is 7.78. The molecule has 1 aliphatic rings. The van der Waals surface area contributed by atoms with E-state index < -0.39 is 33.9 Å². The number of carbonyl (C=O) groups is 2. The smallest absolute Gasteiger partial charge is 0.339 e. The second kappa shape index (κ2) is 7.23. The summed E-state index contributed by atoms with van der Waals surface area (Å²) in [6.07, 6.45) is 1.73. The number of nitriles is 1. The first-order valence-corrected chi connectivity index (χ1v) is 9.60. The maximum Gasteiger partial charge on any atom is 0.339 e. The van der Waals surface area contributed by atoms with Crippen LogP contribution in [0.2, 0.25) is 0 Å². The summed E-state index contributed by atoms with van der Waals surface area (Å²) in [6.45, 7) is 2.53. The fourth-order valence-electron chi connectivity index (χ4n) is 2.48. The molecule has 0 radical (unpaired) electrons. The molecule has 1 atom stereocenters. The molecule has 0 bridgehead atoms. The summed E-state index contributed by atoms with van der Waals surface area (Å²) in [5, 5.41) is 11.8. The van der Waals surface area contributed by atoms with Crippen LogP contribution < -0.4 is 5.32 Å². The molecule has 1 amide bonds. The van der Waals surface area contributed by atoms with Crippen molar-refractivity contribution in [3.63, 3.8) is 0 Å². The van der Waals surface area contributed by atoms with Crippen LogP contribution in [0.1, 0.15) is 37.0 Å². The highest BCUT2D eigenvalue weighted by Gasteiger charge is 2.43. The molecular weight excluding hydrogens is 344 g/mol. The van der Waals surface area contributed by atoms with Crippen molar-refractivity contribution in [1.29, 1.82) is 5.26 Å². The molecule has 1 saturated carbocycles. The number of amides is 1. The van der Waals surface area contributed by atoms with Crippen LogP contribution in [0.4, 0.5) is 0 Å². The summed E-state index contributed by atoms with van der Waals surface area (Å²) < 4.78 is 29.0. The van der Waals surface area contributed by atoms with E-state index in [4.69, 9.17) is 4.74 Å². The average Bonchev–Trinajstić information content (AvgIpc) is 3.45. The van der Waals surface area contributed by atoms with Gasteiger partial charge in [0.2, 0.25) is 0 Å². The average molecular weight is 364 g/mol. The molecule has 1 aliphatic carbocycles. The number of hydrogen-bond donors (Lipinski definition) is 1. The molecule has 1 N–H and O–H groups in total. The number of esters is 1. The monoisotopic (exact) mass is 364 g/mol. The van der Waals surface area contributed by atoms with Crippen LogP contribution in [0.25, 0.3) is 0 Å². The van der Waals surface area contributed by atoms with Gasteiger partial charge in [-0.25, -0.2) is 13.2 Å². The fourth-order valence-corrected chi connectivity index (χ4v) is 3.56. The van der Waals surface area contributed by atoms with Gasteiger partial charge in [0.25, 0.3) is 5.91 Å². The quantitative estimate of drug-likeness (QED) is 0.733. The van der Waals surface area contributed by atoms with Gasteiger partial charge in [0, 0.05) is 0 Å². The molecule has 0 saturated heterocycles. The number of rotatable bonds is 7. The summed E-state index contributed by atoms with van der Waals surface area (Å²) in [5.41, 5.74) is -1.09. The maximum absolute atomic E-state index is 12.2. The van der Waals surface area contributed by atoms with Crippen LogP contribution >= 0.6 is 0 Å². The van der Waals surface area contributed by atoms with Gasteiger partial charge in [-0.15, -0.1) is 0 Å². The highest BCUT2D eigenvalue weighted by Crippen LogP contribution is 2.39. The topological polar surface area (TPSA) is 113 Å². The second-order valence-corrected chi connectivity index (χ2v) is 8.36. The summed E-state index contributed by atoms with van der Waals surface area (Å²) in [7, 11) is -3.59. The van der Waals surface area contributed by atoms with Crippen molar-refractivity contribution in [1.82, 2.24) is 5.32 Å². The Morgan fingerprint density at radius 2 is 2.00 bits per heavy atom. The summed E-state index contributed by atoms with van der Waals surface area (Å²) >= 11 is 0. The Labute approximate surface area is 146 Å². The van der Waals surface area contributed by atoms with E-state index in [-0.39, 0.29) is 22.1 Å². The molecular formula is C17H20N2O5S. The Balaban J connectivity index is 2.04. The molecule has 1 fully saturated rings. The number of sulfone groups is 1.